The van der Waals surface area contributed by atoms with Crippen LogP contribution in [-0.4, -0.2) is 26.3 Å². The summed E-state index contributed by atoms with van der Waals surface area (Å²) < 4.78 is 5.47. The third kappa shape index (κ3) is 2.32. The van der Waals surface area contributed by atoms with Gasteiger partial charge in [-0.15, -0.1) is 6.58 Å². The van der Waals surface area contributed by atoms with Crippen molar-refractivity contribution in [3.05, 3.63) is 12.7 Å². The average Bonchev–Trinajstić information content (AvgIpc) is 2.88. The highest BCUT2D eigenvalue weighted by Crippen LogP contribution is 2.36. The first kappa shape index (κ1) is 9.75. The van der Waals surface area contributed by atoms with Gasteiger partial charge in [0.1, 0.15) is 0 Å². The maximum Gasteiger partial charge on any atom is 0.0755 e. The first-order valence-electron chi connectivity index (χ1n) is 4.64. The molecule has 0 aliphatic heterocycles. The van der Waals surface area contributed by atoms with Gasteiger partial charge in [0.2, 0.25) is 0 Å². The molecular formula is C10H19NO. The Bertz CT molecular complexity index is 143. The van der Waals surface area contributed by atoms with Crippen molar-refractivity contribution in [1.29, 1.82) is 0 Å². The maximum atomic E-state index is 5.47. The van der Waals surface area contributed by atoms with Crippen LogP contribution in [0, 0.1) is 5.92 Å². The van der Waals surface area contributed by atoms with Crippen LogP contribution in [-0.2, 0) is 4.74 Å². The summed E-state index contributed by atoms with van der Waals surface area (Å²) in [6, 6.07) is 0.444. The van der Waals surface area contributed by atoms with Crippen LogP contribution in [0.15, 0.2) is 12.7 Å². The molecule has 2 atom stereocenters. The number of rotatable bonds is 6. The highest BCUT2D eigenvalue weighted by molar-refractivity contribution is 4.92. The molecule has 1 aliphatic rings. The molecule has 0 heterocycles. The summed E-state index contributed by atoms with van der Waals surface area (Å²) in [6.45, 7) is 3.75. The zero-order valence-corrected chi connectivity index (χ0v) is 8.05. The Balaban J connectivity index is 2.41. The molecule has 1 fully saturated rings. The molecule has 2 nitrogen and oxygen atoms in total. The van der Waals surface area contributed by atoms with Gasteiger partial charge in [0.15, 0.2) is 0 Å². The molecule has 0 aromatic heterocycles. The molecule has 12 heavy (non-hydrogen) atoms. The molecule has 70 valence electrons. The molecule has 1 rings (SSSR count). The Hall–Kier alpha value is -0.340. The minimum absolute atomic E-state index is 0.382. The van der Waals surface area contributed by atoms with Gasteiger partial charge in [-0.1, -0.05) is 6.08 Å². The quantitative estimate of drug-likeness (QED) is 0.609. The van der Waals surface area contributed by atoms with Crippen molar-refractivity contribution in [2.24, 2.45) is 5.92 Å². The van der Waals surface area contributed by atoms with Crippen LogP contribution in [0.5, 0.6) is 0 Å². The first-order chi connectivity index (χ1) is 5.83. The van der Waals surface area contributed by atoms with Crippen LogP contribution in [0.25, 0.3) is 0 Å². The maximum absolute atomic E-state index is 5.47. The van der Waals surface area contributed by atoms with Crippen molar-refractivity contribution in [2.45, 2.75) is 31.4 Å². The highest BCUT2D eigenvalue weighted by Gasteiger charge is 2.35. The number of ether oxygens (including phenoxy) is 1. The molecule has 0 saturated heterocycles. The van der Waals surface area contributed by atoms with Gasteiger partial charge in [0.05, 0.1) is 6.10 Å². The first-order valence-corrected chi connectivity index (χ1v) is 4.64. The largest absolute Gasteiger partial charge is 0.380 e. The lowest BCUT2D eigenvalue weighted by Gasteiger charge is -2.24. The van der Waals surface area contributed by atoms with E-state index in [-0.39, 0.29) is 0 Å². The van der Waals surface area contributed by atoms with Crippen molar-refractivity contribution in [1.82, 2.24) is 5.32 Å². The summed E-state index contributed by atoms with van der Waals surface area (Å²) in [4.78, 5) is 0. The Morgan fingerprint density at radius 2 is 2.33 bits per heavy atom. The third-order valence-electron chi connectivity index (χ3n) is 2.55. The molecule has 0 spiro atoms. The average molecular weight is 169 g/mol. The van der Waals surface area contributed by atoms with E-state index in [1.165, 1.54) is 12.8 Å². The van der Waals surface area contributed by atoms with Crippen LogP contribution < -0.4 is 5.32 Å². The van der Waals surface area contributed by atoms with E-state index in [4.69, 9.17) is 4.74 Å². The van der Waals surface area contributed by atoms with E-state index in [0.29, 0.717) is 12.1 Å². The van der Waals surface area contributed by atoms with Gasteiger partial charge in [-0.3, -0.25) is 0 Å². The van der Waals surface area contributed by atoms with Crippen LogP contribution in [0.1, 0.15) is 19.3 Å². The fraction of sp³-hybridized carbons (Fsp3) is 0.800. The molecule has 0 aromatic rings. The molecule has 2 unspecified atom stereocenters. The Morgan fingerprint density at radius 3 is 2.67 bits per heavy atom. The van der Waals surface area contributed by atoms with Crippen LogP contribution in [0.4, 0.5) is 0 Å². The number of methoxy groups -OCH3 is 1. The fourth-order valence-electron chi connectivity index (χ4n) is 1.71. The number of nitrogens with one attached hydrogen (secondary N) is 1. The van der Waals surface area contributed by atoms with E-state index in [2.05, 4.69) is 11.9 Å². The minimum Gasteiger partial charge on any atom is -0.380 e. The van der Waals surface area contributed by atoms with Gasteiger partial charge in [-0.05, 0) is 32.2 Å². The fourth-order valence-corrected chi connectivity index (χ4v) is 1.71. The van der Waals surface area contributed by atoms with Crippen molar-refractivity contribution in [3.63, 3.8) is 0 Å². The summed E-state index contributed by atoms with van der Waals surface area (Å²) in [7, 11) is 3.79. The monoisotopic (exact) mass is 169 g/mol. The highest BCUT2D eigenvalue weighted by atomic mass is 16.5. The Morgan fingerprint density at radius 1 is 1.67 bits per heavy atom. The summed E-state index contributed by atoms with van der Waals surface area (Å²) >= 11 is 0. The molecule has 2 heteroatoms. The molecule has 0 bridgehead atoms. The zero-order valence-electron chi connectivity index (χ0n) is 8.05. The Labute approximate surface area is 75.0 Å². The lowest BCUT2D eigenvalue weighted by atomic mass is 10.0. The van der Waals surface area contributed by atoms with Crippen LogP contribution >= 0.6 is 0 Å². The standard InChI is InChI=1S/C10H19NO/c1-4-5-9(11-2)10(12-3)8-6-7-8/h4,8-11H,1,5-7H2,2-3H3. The van der Waals surface area contributed by atoms with Gasteiger partial charge in [0, 0.05) is 13.2 Å². The summed E-state index contributed by atoms with van der Waals surface area (Å²) in [5, 5.41) is 3.28. The van der Waals surface area contributed by atoms with E-state index in [9.17, 15) is 0 Å². The third-order valence-corrected chi connectivity index (χ3v) is 2.55. The Kier molecular flexibility index (Phi) is 3.76. The summed E-state index contributed by atoms with van der Waals surface area (Å²) in [5.74, 6) is 0.785. The SMILES string of the molecule is C=CCC(NC)C(OC)C1CC1. The lowest BCUT2D eigenvalue weighted by molar-refractivity contribution is 0.0542. The van der Waals surface area contributed by atoms with Gasteiger partial charge >= 0.3 is 0 Å². The van der Waals surface area contributed by atoms with Crippen LogP contribution in [0.2, 0.25) is 0 Å². The number of hydrogen-bond acceptors (Lipinski definition) is 2. The zero-order chi connectivity index (χ0) is 8.97. The number of hydrogen-bond donors (Lipinski definition) is 1. The van der Waals surface area contributed by atoms with Gasteiger partial charge in [0.25, 0.3) is 0 Å². The van der Waals surface area contributed by atoms with Crippen molar-refractivity contribution < 1.29 is 4.74 Å². The summed E-state index contributed by atoms with van der Waals surface area (Å²) in [5.41, 5.74) is 0. The topological polar surface area (TPSA) is 21.3 Å². The predicted octanol–water partition coefficient (Wildman–Crippen LogP) is 1.58. The molecule has 1 N–H and O–H groups in total. The van der Waals surface area contributed by atoms with Gasteiger partial charge in [-0.2, -0.15) is 0 Å². The van der Waals surface area contributed by atoms with E-state index in [1.54, 1.807) is 7.11 Å². The second-order valence-electron chi connectivity index (χ2n) is 3.46. The van der Waals surface area contributed by atoms with Crippen molar-refractivity contribution in [3.8, 4) is 0 Å². The molecule has 0 aromatic carbocycles. The van der Waals surface area contributed by atoms with E-state index in [1.807, 2.05) is 13.1 Å². The van der Waals surface area contributed by atoms with Crippen molar-refractivity contribution >= 4 is 0 Å². The normalized spacial score (nSPS) is 21.8. The van der Waals surface area contributed by atoms with Gasteiger partial charge in [-0.25, -0.2) is 0 Å². The predicted molar refractivity (Wildman–Crippen MR) is 51.2 cm³/mol. The minimum atomic E-state index is 0.382. The van der Waals surface area contributed by atoms with E-state index < -0.39 is 0 Å². The molecule has 1 aliphatic carbocycles. The smallest absolute Gasteiger partial charge is 0.0755 e. The lowest BCUT2D eigenvalue weighted by Crippen LogP contribution is -2.39. The molecule has 1 saturated carbocycles. The second kappa shape index (κ2) is 4.63. The van der Waals surface area contributed by atoms with E-state index >= 15 is 0 Å². The second-order valence-corrected chi connectivity index (χ2v) is 3.46. The van der Waals surface area contributed by atoms with Crippen LogP contribution in [0.3, 0.4) is 0 Å². The van der Waals surface area contributed by atoms with E-state index in [0.717, 1.165) is 12.3 Å². The number of likely N-dealkylation sites (N-methyl/N-ethyl adjacent to an activating group) is 1. The van der Waals surface area contributed by atoms with Crippen molar-refractivity contribution in [2.75, 3.05) is 14.2 Å². The molecule has 0 radical (unpaired) electrons. The molecular weight excluding hydrogens is 150 g/mol. The molecule has 0 amide bonds. The van der Waals surface area contributed by atoms with Gasteiger partial charge < -0.3 is 10.1 Å². The summed E-state index contributed by atoms with van der Waals surface area (Å²) in [6.07, 6.45) is 5.98.